The third kappa shape index (κ3) is 2.66. The maximum absolute atomic E-state index is 12.4. The van der Waals surface area contributed by atoms with Gasteiger partial charge in [-0.15, -0.1) is 11.8 Å². The predicted molar refractivity (Wildman–Crippen MR) is 76.3 cm³/mol. The number of carbonyl (C=O) groups excluding carboxylic acids is 1. The summed E-state index contributed by atoms with van der Waals surface area (Å²) in [6, 6.07) is 5.61. The number of hydrogen-bond donors (Lipinski definition) is 1. The van der Waals surface area contributed by atoms with Crippen molar-refractivity contribution in [3.8, 4) is 0 Å². The number of carbonyl (C=O) groups is 1. The van der Waals surface area contributed by atoms with Gasteiger partial charge in [-0.05, 0) is 30.4 Å². The van der Waals surface area contributed by atoms with Crippen LogP contribution < -0.4 is 5.73 Å². The van der Waals surface area contributed by atoms with E-state index in [1.54, 1.807) is 22.7 Å². The smallest absolute Gasteiger partial charge is 0.255 e. The van der Waals surface area contributed by atoms with E-state index < -0.39 is 0 Å². The minimum absolute atomic E-state index is 0.0179. The number of rotatable bonds is 2. The number of benzene rings is 1. The maximum Gasteiger partial charge on any atom is 0.255 e. The first-order valence-electron chi connectivity index (χ1n) is 5.91. The van der Waals surface area contributed by atoms with E-state index in [1.807, 2.05) is 18.4 Å². The zero-order valence-electron chi connectivity index (χ0n) is 10.5. The molecular weight excluding hydrogens is 268 g/mol. The van der Waals surface area contributed by atoms with E-state index in [4.69, 9.17) is 17.3 Å². The fourth-order valence-electron chi connectivity index (χ4n) is 2.12. The quantitative estimate of drug-likeness (QED) is 0.849. The van der Waals surface area contributed by atoms with Gasteiger partial charge in [0.2, 0.25) is 0 Å². The number of halogens is 1. The van der Waals surface area contributed by atoms with Crippen LogP contribution in [0.2, 0.25) is 5.02 Å². The Morgan fingerprint density at radius 2 is 2.22 bits per heavy atom. The highest BCUT2D eigenvalue weighted by Gasteiger charge is 2.31. The monoisotopic (exact) mass is 284 g/mol. The summed E-state index contributed by atoms with van der Waals surface area (Å²) in [6.45, 7) is 3.39. The van der Waals surface area contributed by atoms with Gasteiger partial charge < -0.3 is 10.6 Å². The summed E-state index contributed by atoms with van der Waals surface area (Å²) >= 11 is 7.71. The molecule has 18 heavy (non-hydrogen) atoms. The number of nitrogens with zero attached hydrogens (tertiary/aromatic N) is 1. The largest absolute Gasteiger partial charge is 0.337 e. The zero-order chi connectivity index (χ0) is 13.3. The van der Waals surface area contributed by atoms with E-state index in [9.17, 15) is 4.79 Å². The van der Waals surface area contributed by atoms with Gasteiger partial charge in [-0.1, -0.05) is 18.5 Å². The van der Waals surface area contributed by atoms with E-state index in [1.165, 1.54) is 0 Å². The van der Waals surface area contributed by atoms with Gasteiger partial charge in [0.15, 0.2) is 0 Å². The molecular formula is C13H17ClN2OS. The minimum Gasteiger partial charge on any atom is -0.337 e. The molecule has 5 heteroatoms. The van der Waals surface area contributed by atoms with Crippen molar-refractivity contribution in [1.29, 1.82) is 0 Å². The van der Waals surface area contributed by atoms with Crippen LogP contribution in [0.5, 0.6) is 0 Å². The summed E-state index contributed by atoms with van der Waals surface area (Å²) in [5.41, 5.74) is 6.52. The normalized spacial score (nSPS) is 23.4. The molecule has 0 saturated carbocycles. The Kier molecular flexibility index (Phi) is 4.20. The summed E-state index contributed by atoms with van der Waals surface area (Å²) in [7, 11) is 0. The molecule has 1 aromatic carbocycles. The van der Waals surface area contributed by atoms with E-state index >= 15 is 0 Å². The second-order valence-electron chi connectivity index (χ2n) is 4.70. The van der Waals surface area contributed by atoms with Crippen LogP contribution in [-0.2, 0) is 0 Å². The lowest BCUT2D eigenvalue weighted by Crippen LogP contribution is -2.32. The van der Waals surface area contributed by atoms with Crippen molar-refractivity contribution in [2.75, 3.05) is 19.3 Å². The van der Waals surface area contributed by atoms with E-state index in [-0.39, 0.29) is 11.9 Å². The molecule has 1 fully saturated rings. The van der Waals surface area contributed by atoms with Gasteiger partial charge in [0.25, 0.3) is 5.91 Å². The van der Waals surface area contributed by atoms with Gasteiger partial charge in [0.1, 0.15) is 0 Å². The van der Waals surface area contributed by atoms with E-state index in [0.717, 1.165) is 4.90 Å². The standard InChI is InChI=1S/C13H17ClN2OS/c1-8-6-16(7-12(8)15)13(17)10-5-9(18-2)3-4-11(10)14/h3-5,8,12H,6-7,15H2,1-2H3. The molecule has 3 nitrogen and oxygen atoms in total. The number of thioether (sulfide) groups is 1. The van der Waals surface area contributed by atoms with Gasteiger partial charge in [0.05, 0.1) is 10.6 Å². The molecule has 2 N–H and O–H groups in total. The average molecular weight is 285 g/mol. The number of hydrogen-bond acceptors (Lipinski definition) is 3. The Morgan fingerprint density at radius 3 is 2.78 bits per heavy atom. The first kappa shape index (κ1) is 13.7. The molecule has 1 amide bonds. The van der Waals surface area contributed by atoms with Crippen molar-refractivity contribution >= 4 is 29.3 Å². The Labute approximate surface area is 117 Å². The molecule has 2 atom stereocenters. The van der Waals surface area contributed by atoms with Crippen molar-refractivity contribution in [3.63, 3.8) is 0 Å². The third-order valence-corrected chi connectivity index (χ3v) is 4.42. The van der Waals surface area contributed by atoms with Crippen LogP contribution in [0.25, 0.3) is 0 Å². The fourth-order valence-corrected chi connectivity index (χ4v) is 2.76. The molecule has 0 spiro atoms. The van der Waals surface area contributed by atoms with Crippen molar-refractivity contribution < 1.29 is 4.79 Å². The van der Waals surface area contributed by atoms with Crippen molar-refractivity contribution in [3.05, 3.63) is 28.8 Å². The highest BCUT2D eigenvalue weighted by Crippen LogP contribution is 2.26. The summed E-state index contributed by atoms with van der Waals surface area (Å²) in [5.74, 6) is 0.326. The molecule has 98 valence electrons. The number of likely N-dealkylation sites (tertiary alicyclic amines) is 1. The Bertz CT molecular complexity index is 456. The van der Waals surface area contributed by atoms with Crippen LogP contribution in [0.4, 0.5) is 0 Å². The first-order chi connectivity index (χ1) is 8.52. The Morgan fingerprint density at radius 1 is 1.50 bits per heavy atom. The predicted octanol–water partition coefficient (Wildman–Crippen LogP) is 2.48. The van der Waals surface area contributed by atoms with Crippen LogP contribution in [0.3, 0.4) is 0 Å². The average Bonchev–Trinajstić information content (AvgIpc) is 2.69. The first-order valence-corrected chi connectivity index (χ1v) is 7.51. The van der Waals surface area contributed by atoms with Crippen molar-refractivity contribution in [1.82, 2.24) is 4.90 Å². The van der Waals surface area contributed by atoms with Gasteiger partial charge in [-0.2, -0.15) is 0 Å². The zero-order valence-corrected chi connectivity index (χ0v) is 12.1. The lowest BCUT2D eigenvalue weighted by atomic mass is 10.1. The molecule has 1 aromatic rings. The molecule has 0 bridgehead atoms. The Balaban J connectivity index is 2.23. The van der Waals surface area contributed by atoms with Gasteiger partial charge in [-0.25, -0.2) is 0 Å². The summed E-state index contributed by atoms with van der Waals surface area (Å²) < 4.78 is 0. The van der Waals surface area contributed by atoms with Gasteiger partial charge in [0, 0.05) is 24.0 Å². The van der Waals surface area contributed by atoms with Gasteiger partial charge >= 0.3 is 0 Å². The second kappa shape index (κ2) is 5.51. The molecule has 2 rings (SSSR count). The molecule has 0 radical (unpaired) electrons. The fraction of sp³-hybridized carbons (Fsp3) is 0.462. The molecule has 0 aliphatic carbocycles. The van der Waals surface area contributed by atoms with Crippen LogP contribution in [0, 0.1) is 5.92 Å². The highest BCUT2D eigenvalue weighted by atomic mass is 35.5. The maximum atomic E-state index is 12.4. The SMILES string of the molecule is CSc1ccc(Cl)c(C(=O)N2CC(C)C(N)C2)c1. The van der Waals surface area contributed by atoms with E-state index in [0.29, 0.717) is 29.6 Å². The van der Waals surface area contributed by atoms with Crippen LogP contribution in [-0.4, -0.2) is 36.2 Å². The molecule has 2 unspecified atom stereocenters. The topological polar surface area (TPSA) is 46.3 Å². The van der Waals surface area contributed by atoms with Crippen molar-refractivity contribution in [2.45, 2.75) is 17.9 Å². The molecule has 1 saturated heterocycles. The van der Waals surface area contributed by atoms with Crippen LogP contribution in [0.1, 0.15) is 17.3 Å². The lowest BCUT2D eigenvalue weighted by molar-refractivity contribution is 0.0787. The van der Waals surface area contributed by atoms with E-state index in [2.05, 4.69) is 6.92 Å². The number of amides is 1. The van der Waals surface area contributed by atoms with Gasteiger partial charge in [-0.3, -0.25) is 4.79 Å². The third-order valence-electron chi connectivity index (χ3n) is 3.36. The summed E-state index contributed by atoms with van der Waals surface area (Å²) in [4.78, 5) is 15.2. The summed E-state index contributed by atoms with van der Waals surface area (Å²) in [5, 5.41) is 0.505. The van der Waals surface area contributed by atoms with Crippen molar-refractivity contribution in [2.24, 2.45) is 11.7 Å². The molecule has 1 aliphatic heterocycles. The van der Waals surface area contributed by atoms with Crippen LogP contribution >= 0.6 is 23.4 Å². The second-order valence-corrected chi connectivity index (χ2v) is 5.98. The minimum atomic E-state index is -0.0179. The molecule has 1 heterocycles. The number of nitrogens with two attached hydrogens (primary N) is 1. The molecule has 0 aromatic heterocycles. The van der Waals surface area contributed by atoms with Crippen LogP contribution in [0.15, 0.2) is 23.1 Å². The Hall–Kier alpha value is -0.710. The molecule has 1 aliphatic rings. The summed E-state index contributed by atoms with van der Waals surface area (Å²) in [6.07, 6.45) is 1.98. The lowest BCUT2D eigenvalue weighted by Gasteiger charge is -2.17. The highest BCUT2D eigenvalue weighted by molar-refractivity contribution is 7.98.